The van der Waals surface area contributed by atoms with Crippen molar-refractivity contribution in [1.82, 2.24) is 19.7 Å². The lowest BCUT2D eigenvalue weighted by atomic mass is 10.1. The summed E-state index contributed by atoms with van der Waals surface area (Å²) in [5.41, 5.74) is -0.491. The summed E-state index contributed by atoms with van der Waals surface area (Å²) in [5, 5.41) is 17.6. The van der Waals surface area contributed by atoms with E-state index < -0.39 is 34.7 Å². The normalized spacial score (nSPS) is 12.0. The van der Waals surface area contributed by atoms with Gasteiger partial charge >= 0.3 is 17.5 Å². The molecule has 210 valence electrons. The van der Waals surface area contributed by atoms with Gasteiger partial charge in [0.05, 0.1) is 32.6 Å². The van der Waals surface area contributed by atoms with Gasteiger partial charge in [-0.2, -0.15) is 18.3 Å². The van der Waals surface area contributed by atoms with Crippen LogP contribution in [0.25, 0.3) is 28.1 Å². The lowest BCUT2D eigenvalue weighted by molar-refractivity contribution is -0.380. The van der Waals surface area contributed by atoms with Crippen molar-refractivity contribution in [2.24, 2.45) is 0 Å². The number of ether oxygens (including phenoxy) is 1. The minimum Gasteiger partial charge on any atom is -0.406 e. The first kappa shape index (κ1) is 27.5. The van der Waals surface area contributed by atoms with Crippen molar-refractivity contribution >= 4 is 39.1 Å². The predicted octanol–water partition coefficient (Wildman–Crippen LogP) is 6.62. The number of halogens is 6. The summed E-state index contributed by atoms with van der Waals surface area (Å²) in [7, 11) is 0. The fraction of sp³-hybridized carbons (Fsp3) is 0.0833. The molecule has 0 aliphatic heterocycles. The Hall–Kier alpha value is -5.06. The van der Waals surface area contributed by atoms with Crippen LogP contribution in [0, 0.1) is 10.1 Å². The zero-order chi connectivity index (χ0) is 29.5. The van der Waals surface area contributed by atoms with E-state index in [9.17, 15) is 41.3 Å². The molecule has 1 amide bonds. The summed E-state index contributed by atoms with van der Waals surface area (Å²) in [5.74, 6) is -1.48. The lowest BCUT2D eigenvalue weighted by Gasteiger charge is -2.11. The van der Waals surface area contributed by atoms with Crippen LogP contribution in [-0.4, -0.2) is 36.9 Å². The number of anilines is 1. The number of nitrogens with one attached hydrogen (secondary N) is 1. The maximum Gasteiger partial charge on any atom is 0.573 e. The fourth-order valence-electron chi connectivity index (χ4n) is 3.64. The molecule has 5 rings (SSSR count). The highest BCUT2D eigenvalue weighted by molar-refractivity contribution is 7.17. The minimum absolute atomic E-state index is 0.0211. The number of nitrogens with zero attached hydrogens (tertiary/aromatic N) is 5. The Balaban J connectivity index is 1.59. The maximum atomic E-state index is 13.1. The number of nitro groups is 1. The molecule has 0 aliphatic carbocycles. The van der Waals surface area contributed by atoms with Crippen LogP contribution in [0.5, 0.6) is 5.75 Å². The van der Waals surface area contributed by atoms with Crippen molar-refractivity contribution in [3.05, 3.63) is 87.4 Å². The number of carbonyl (C=O) groups is 1. The minimum atomic E-state index is -4.90. The third-order valence-corrected chi connectivity index (χ3v) is 6.48. The first-order valence-corrected chi connectivity index (χ1v) is 12.0. The van der Waals surface area contributed by atoms with Crippen LogP contribution in [0.1, 0.15) is 15.2 Å². The molecule has 3 heterocycles. The lowest BCUT2D eigenvalue weighted by Crippen LogP contribution is -2.17. The Morgan fingerprint density at radius 3 is 2.22 bits per heavy atom. The monoisotopic (exact) mass is 594 g/mol. The van der Waals surface area contributed by atoms with E-state index in [1.165, 1.54) is 29.1 Å². The molecule has 0 radical (unpaired) electrons. The fourth-order valence-corrected chi connectivity index (χ4v) is 4.35. The largest absolute Gasteiger partial charge is 0.573 e. The smallest absolute Gasteiger partial charge is 0.406 e. The van der Waals surface area contributed by atoms with E-state index in [4.69, 9.17) is 0 Å². The molecule has 0 saturated carbocycles. The number of carbonyl (C=O) groups excluding carboxylic acids is 1. The van der Waals surface area contributed by atoms with Gasteiger partial charge in [-0.15, -0.1) is 13.2 Å². The number of thiophene rings is 1. The maximum absolute atomic E-state index is 13.1. The Morgan fingerprint density at radius 1 is 0.951 bits per heavy atom. The summed E-state index contributed by atoms with van der Waals surface area (Å²) < 4.78 is 81.9. The second-order valence-electron chi connectivity index (χ2n) is 8.16. The predicted molar refractivity (Wildman–Crippen MR) is 133 cm³/mol. The molecule has 0 spiro atoms. The van der Waals surface area contributed by atoms with Crippen LogP contribution >= 0.6 is 11.3 Å². The molecule has 0 unspecified atom stereocenters. The topological polar surface area (TPSA) is 125 Å². The number of fused-ring (bicyclic) bond motifs is 1. The summed E-state index contributed by atoms with van der Waals surface area (Å²) >= 11 is 0.612. The third kappa shape index (κ3) is 5.93. The van der Waals surface area contributed by atoms with Gasteiger partial charge < -0.3 is 10.1 Å². The van der Waals surface area contributed by atoms with E-state index in [0.29, 0.717) is 11.3 Å². The van der Waals surface area contributed by atoms with Crippen molar-refractivity contribution in [1.29, 1.82) is 0 Å². The zero-order valence-electron chi connectivity index (χ0n) is 19.9. The second-order valence-corrected chi connectivity index (χ2v) is 9.22. The van der Waals surface area contributed by atoms with Gasteiger partial charge in [0.15, 0.2) is 11.5 Å². The number of rotatable bonds is 6. The van der Waals surface area contributed by atoms with Crippen molar-refractivity contribution < 1.29 is 40.8 Å². The average Bonchev–Trinajstić information content (AvgIpc) is 3.56. The molecular weight excluding hydrogens is 582 g/mol. The molecule has 3 aromatic heterocycles. The molecule has 17 heteroatoms. The number of hydrogen-bond acceptors (Lipinski definition) is 8. The summed E-state index contributed by atoms with van der Waals surface area (Å²) in [6, 6.07) is 10.9. The Kier molecular flexibility index (Phi) is 6.82. The van der Waals surface area contributed by atoms with Crippen LogP contribution in [0.2, 0.25) is 0 Å². The van der Waals surface area contributed by atoms with Gasteiger partial charge in [0.2, 0.25) is 0 Å². The average molecular weight is 594 g/mol. The van der Waals surface area contributed by atoms with Gasteiger partial charge in [-0.25, -0.2) is 14.6 Å². The van der Waals surface area contributed by atoms with Gasteiger partial charge in [-0.3, -0.25) is 14.9 Å². The van der Waals surface area contributed by atoms with E-state index in [1.807, 2.05) is 0 Å². The standard InChI is InChI=1S/C24H12F6N6O4S/c25-23(26,27)13-3-1-12(2-4-13)19-32-20(34-22(37)17-9-10-18(41-17)36(38)39)16-11-31-35(21(16)33-19)14-5-7-15(8-6-14)40-24(28,29)30/h1-11H,(H,32,33,34,37). The van der Waals surface area contributed by atoms with Crippen LogP contribution in [0.15, 0.2) is 66.9 Å². The quantitative estimate of drug-likeness (QED) is 0.133. The Labute approximate surface area is 228 Å². The number of alkyl halides is 6. The highest BCUT2D eigenvalue weighted by atomic mass is 32.1. The number of amides is 1. The molecule has 10 nitrogen and oxygen atoms in total. The molecule has 41 heavy (non-hydrogen) atoms. The van der Waals surface area contributed by atoms with Gasteiger partial charge in [-0.05, 0) is 42.5 Å². The van der Waals surface area contributed by atoms with Crippen LogP contribution < -0.4 is 10.1 Å². The SMILES string of the molecule is O=C(Nc1nc(-c2ccc(C(F)(F)F)cc2)nc2c1cnn2-c1ccc(OC(F)(F)F)cc1)c1ccc([N+](=O)[O-])s1. The molecule has 0 saturated heterocycles. The van der Waals surface area contributed by atoms with Gasteiger partial charge in [0, 0.05) is 11.6 Å². The first-order chi connectivity index (χ1) is 19.3. The van der Waals surface area contributed by atoms with Gasteiger partial charge in [0.1, 0.15) is 11.6 Å². The Morgan fingerprint density at radius 2 is 1.63 bits per heavy atom. The van der Waals surface area contributed by atoms with Crippen LogP contribution in [0.3, 0.4) is 0 Å². The van der Waals surface area contributed by atoms with Crippen molar-refractivity contribution in [2.75, 3.05) is 5.32 Å². The van der Waals surface area contributed by atoms with E-state index >= 15 is 0 Å². The van der Waals surface area contributed by atoms with E-state index in [1.54, 1.807) is 0 Å². The number of benzene rings is 2. The molecule has 0 aliphatic rings. The summed E-state index contributed by atoms with van der Waals surface area (Å²) in [6.45, 7) is 0. The highest BCUT2D eigenvalue weighted by Crippen LogP contribution is 2.33. The van der Waals surface area contributed by atoms with Crippen LogP contribution in [0.4, 0.5) is 37.2 Å². The zero-order valence-corrected chi connectivity index (χ0v) is 20.7. The second kappa shape index (κ2) is 10.2. The third-order valence-electron chi connectivity index (χ3n) is 5.44. The molecular formula is C24H12F6N6O4S. The summed E-state index contributed by atoms with van der Waals surface area (Å²) in [6.07, 6.45) is -8.23. The molecule has 5 aromatic rings. The molecule has 2 aromatic carbocycles. The van der Waals surface area contributed by atoms with Gasteiger partial charge in [-0.1, -0.05) is 23.5 Å². The van der Waals surface area contributed by atoms with E-state index in [2.05, 4.69) is 25.1 Å². The number of hydrogen-bond donors (Lipinski definition) is 1. The number of aromatic nitrogens is 4. The molecule has 0 bridgehead atoms. The first-order valence-electron chi connectivity index (χ1n) is 11.1. The highest BCUT2D eigenvalue weighted by Gasteiger charge is 2.31. The van der Waals surface area contributed by atoms with Crippen LogP contribution in [-0.2, 0) is 6.18 Å². The van der Waals surface area contributed by atoms with E-state index in [0.717, 1.165) is 42.5 Å². The van der Waals surface area contributed by atoms with Crippen molar-refractivity contribution in [3.63, 3.8) is 0 Å². The Bertz CT molecular complexity index is 1770. The van der Waals surface area contributed by atoms with E-state index in [-0.39, 0.29) is 43.8 Å². The van der Waals surface area contributed by atoms with Gasteiger partial charge in [0.25, 0.3) is 5.91 Å². The summed E-state index contributed by atoms with van der Waals surface area (Å²) in [4.78, 5) is 31.9. The van der Waals surface area contributed by atoms with Crippen molar-refractivity contribution in [3.8, 4) is 22.8 Å². The molecule has 1 N–H and O–H groups in total. The molecule has 0 fully saturated rings. The molecule has 0 atom stereocenters. The van der Waals surface area contributed by atoms with Crippen molar-refractivity contribution in [2.45, 2.75) is 12.5 Å².